The topological polar surface area (TPSA) is 340 Å². The van der Waals surface area contributed by atoms with Crippen molar-refractivity contribution in [2.75, 3.05) is 32.6 Å². The Morgan fingerprint density at radius 3 is 2.15 bits per heavy atom. The first-order chi connectivity index (χ1) is 42.0. The third-order valence-electron chi connectivity index (χ3n) is 17.9. The molecule has 1 fully saturated rings. The molecule has 0 saturated carbocycles. The van der Waals surface area contributed by atoms with E-state index < -0.39 is 160 Å². The summed E-state index contributed by atoms with van der Waals surface area (Å²) in [6.07, 6.45) is -3.74. The minimum atomic E-state index is -2.53. The number of nitrogens with zero attached hydrogens (tertiary/aromatic N) is 1. The third kappa shape index (κ3) is 16.8. The number of ketones is 1. The number of amides is 8. The van der Waals surface area contributed by atoms with Gasteiger partial charge in [-0.05, 0) is 86.5 Å². The molecule has 1 saturated heterocycles. The van der Waals surface area contributed by atoms with Gasteiger partial charge in [-0.2, -0.15) is 0 Å². The number of aliphatic hydroxyl groups excluding tert-OH is 1. The molecule has 2 heterocycles. The van der Waals surface area contributed by atoms with E-state index in [9.17, 15) is 48.6 Å². The van der Waals surface area contributed by atoms with Crippen LogP contribution in [-0.2, 0) is 58.7 Å². The number of hydrogen-bond donors (Lipinski definition) is 9. The van der Waals surface area contributed by atoms with Gasteiger partial charge in [0.1, 0.15) is 42.6 Å². The Bertz CT molecular complexity index is 3180. The van der Waals surface area contributed by atoms with Crippen molar-refractivity contribution in [2.45, 2.75) is 172 Å². The monoisotopic (exact) mass is 1270 g/mol. The molecular weight excluding hydrogens is 1180 g/mol. The van der Waals surface area contributed by atoms with Crippen LogP contribution in [0.3, 0.4) is 0 Å². The highest BCUT2D eigenvalue weighted by atomic mass is 32.2. The molecule has 10 atom stereocenters. The number of allylic oxidation sites excluding steroid dienone is 1. The van der Waals surface area contributed by atoms with Crippen LogP contribution in [0.1, 0.15) is 122 Å². The number of Topliss-reactive ketones (excluding diaryl/α,β-unsaturated/α-hetero) is 1. The van der Waals surface area contributed by atoms with Crippen LogP contribution in [0.15, 0.2) is 71.6 Å². The number of nitrogens with two attached hydrogens (primary N) is 1. The molecule has 8 amide bonds. The van der Waals surface area contributed by atoms with Crippen LogP contribution in [-0.4, -0.2) is 164 Å². The number of fused-ring (bicyclic) bond motifs is 5. The van der Waals surface area contributed by atoms with Gasteiger partial charge in [-0.15, -0.1) is 11.8 Å². The number of aliphatic carboxylic acids is 1. The number of carbonyl (C=O) groups excluding carboxylic acids is 9. The van der Waals surface area contributed by atoms with Crippen molar-refractivity contribution in [2.24, 2.45) is 17.6 Å². The average molecular weight is 1270 g/mol. The molecule has 0 spiro atoms. The molecule has 2 aliphatic heterocycles. The summed E-state index contributed by atoms with van der Waals surface area (Å²) in [5.41, 5.74) is 11.5. The molecule has 7 rings (SSSR count). The number of aliphatic hydroxyl groups is 1. The number of ether oxygens (including phenoxy) is 2. The van der Waals surface area contributed by atoms with Gasteiger partial charge < -0.3 is 66.6 Å². The lowest BCUT2D eigenvalue weighted by atomic mass is 9.91. The van der Waals surface area contributed by atoms with Gasteiger partial charge in [-0.25, -0.2) is 9.59 Å². The molecule has 0 bridgehead atoms. The van der Waals surface area contributed by atoms with Crippen LogP contribution in [0, 0.1) is 11.8 Å². The Hall–Kier alpha value is -7.61. The molecule has 0 aromatic heterocycles. The first-order valence-corrected chi connectivity index (χ1v) is 34.3. The smallest absolute Gasteiger partial charge is 0.407 e. The number of thioether (sulfide) groups is 1. The summed E-state index contributed by atoms with van der Waals surface area (Å²) in [6.45, 7) is 16.5. The minimum Gasteiger partial charge on any atom is -0.497 e. The highest BCUT2D eigenvalue weighted by Gasteiger charge is 2.45. The van der Waals surface area contributed by atoms with Crippen LogP contribution in [0.5, 0.6) is 5.75 Å². The molecule has 3 aromatic rings. The Morgan fingerprint density at radius 1 is 0.876 bits per heavy atom. The maximum atomic E-state index is 15.5. The van der Waals surface area contributed by atoms with Crippen LogP contribution in [0.25, 0.3) is 16.7 Å². The van der Waals surface area contributed by atoms with Crippen molar-refractivity contribution in [1.29, 1.82) is 0 Å². The zero-order valence-corrected chi connectivity index (χ0v) is 54.1. The molecule has 2 aliphatic carbocycles. The number of β-amino-alcohol motifs (C(OH)–C–C–N with tert-alkyl or cyclic N) is 1. The second kappa shape index (κ2) is 29.8. The average Bonchev–Trinajstić information content (AvgIpc) is 2.50. The highest BCUT2D eigenvalue weighted by Crippen LogP contribution is 2.46. The fourth-order valence-corrected chi connectivity index (χ4v) is 14.3. The number of nitrogens with one attached hydrogen (secondary N) is 6. The molecule has 89 heavy (non-hydrogen) atoms. The van der Waals surface area contributed by atoms with E-state index in [0.29, 0.717) is 34.6 Å². The van der Waals surface area contributed by atoms with Crippen LogP contribution in [0.4, 0.5) is 4.79 Å². The molecule has 4 aliphatic rings. The van der Waals surface area contributed by atoms with Gasteiger partial charge in [0.25, 0.3) is 0 Å². The maximum Gasteiger partial charge on any atom is 0.407 e. The van der Waals surface area contributed by atoms with Crippen molar-refractivity contribution in [1.82, 2.24) is 36.8 Å². The van der Waals surface area contributed by atoms with E-state index in [1.54, 1.807) is 39.0 Å². The zero-order chi connectivity index (χ0) is 65.2. The van der Waals surface area contributed by atoms with Crippen LogP contribution >= 0.6 is 11.8 Å². The van der Waals surface area contributed by atoms with Gasteiger partial charge in [0.2, 0.25) is 41.4 Å². The second-order valence-corrected chi connectivity index (χ2v) is 30.9. The van der Waals surface area contributed by atoms with Crippen LogP contribution in [0.2, 0.25) is 18.1 Å². The third-order valence-corrected chi connectivity index (χ3v) is 23.6. The number of carboxylic acid groups (broad SMARTS) is 1. The maximum absolute atomic E-state index is 15.5. The lowest BCUT2D eigenvalue weighted by molar-refractivity contribution is -0.149. The summed E-state index contributed by atoms with van der Waals surface area (Å²) < 4.78 is 18.6. The molecule has 10 N–H and O–H groups in total. The molecular formula is C64H86N8O15SSi. The van der Waals surface area contributed by atoms with Gasteiger partial charge in [0.05, 0.1) is 32.2 Å². The fraction of sp³-hybridized carbons (Fsp3) is 0.531. The number of methoxy groups -OCH3 is 1. The largest absolute Gasteiger partial charge is 0.497 e. The lowest BCUT2D eigenvalue weighted by Crippen LogP contribution is -2.58. The first kappa shape index (κ1) is 68.9. The second-order valence-electron chi connectivity index (χ2n) is 25.0. The number of likely N-dealkylation sites (tertiary alicyclic amines) is 1. The van der Waals surface area contributed by atoms with Crippen LogP contribution < -0.4 is 42.4 Å². The number of carboxylic acids is 1. The Balaban J connectivity index is 1.27. The molecule has 0 unspecified atom stereocenters. The summed E-state index contributed by atoms with van der Waals surface area (Å²) in [6, 6.07) is 12.4. The van der Waals surface area contributed by atoms with E-state index in [4.69, 9.17) is 19.6 Å². The van der Waals surface area contributed by atoms with Gasteiger partial charge in [0, 0.05) is 62.3 Å². The van der Waals surface area contributed by atoms with Crippen molar-refractivity contribution < 1.29 is 72.1 Å². The summed E-state index contributed by atoms with van der Waals surface area (Å²) in [4.78, 5) is 141. The Morgan fingerprint density at radius 2 is 1.54 bits per heavy atom. The zero-order valence-electron chi connectivity index (χ0n) is 52.3. The van der Waals surface area contributed by atoms with Crippen molar-refractivity contribution in [3.63, 3.8) is 0 Å². The van der Waals surface area contributed by atoms with Crippen molar-refractivity contribution >= 4 is 84.8 Å². The Labute approximate surface area is 524 Å². The van der Waals surface area contributed by atoms with Crippen molar-refractivity contribution in [3.05, 3.63) is 93.9 Å². The molecule has 482 valence electrons. The van der Waals surface area contributed by atoms with Gasteiger partial charge in [-0.1, -0.05) is 109 Å². The molecule has 23 nitrogen and oxygen atoms in total. The number of hydrogen-bond acceptors (Lipinski definition) is 15. The fourth-order valence-electron chi connectivity index (χ4n) is 11.6. The summed E-state index contributed by atoms with van der Waals surface area (Å²) >= 11 is 1.10. The van der Waals surface area contributed by atoms with Gasteiger partial charge >= 0.3 is 12.1 Å². The van der Waals surface area contributed by atoms with E-state index >= 15 is 9.59 Å². The quantitative estimate of drug-likeness (QED) is 0.0727. The minimum absolute atomic E-state index is 0.0587. The standard InChI is InChI=1S/C64H86N8O15SSi/c1-11-34(3)56-59(79)66-30-55(77)67-48(58(78)69-47(29-53(65)75)61(81)72-31-37(73)27-49(72)62(82)83)33-88-52-26-36-25-38(85-8)21-22-39(36)44(52)28-46(50(74)23-24-54(76)70-56)68-60(80)57(35(4)51(12-2)87-89(9,10)64(5,6)7)71-63(84)86-32-45-42-19-15-13-17-40(42)41-18-14-16-20-43(41)45/h13-22,25,34-35,37,45-49,51,56-57,73H,11-12,23-24,26-33H2,1-10H3,(H2,65,75)(H,66,79)(H,67,77)(H,68,80)(H,69,78)(H,70,76)(H,71,84)(H,82,83)/t34-,35-,37+,46+,47-,48+,49-,51-,56-,57-/m0/s1. The van der Waals surface area contributed by atoms with E-state index in [1.807, 2.05) is 55.5 Å². The SMILES string of the molecule is CC[C@H](O[Si](C)(C)C(C)(C)C)[C@H](C)[C@H](NC(=O)OCC1c2ccccc2-c2ccccc21)C(=O)N[C@@H]1CC2=C(Cc3cc(OC)ccc32)SC[C@H](C(=O)N[C@@H](CC(N)=O)C(=O)N2C[C@H](O)C[C@H]2C(=O)O)NC(=O)CNC(=O)[C@H]([C@@H](C)CC)NC(=O)CCC1=O. The predicted octanol–water partition coefficient (Wildman–Crippen LogP) is 4.82. The Kier molecular flexibility index (Phi) is 23.1. The number of primary amides is 1. The molecule has 3 aromatic carbocycles. The first-order valence-electron chi connectivity index (χ1n) is 30.4. The lowest BCUT2D eigenvalue weighted by Gasteiger charge is -2.42. The molecule has 25 heteroatoms. The van der Waals surface area contributed by atoms with E-state index in [-0.39, 0.29) is 42.6 Å². The number of carbonyl (C=O) groups is 10. The van der Waals surface area contributed by atoms with E-state index in [2.05, 4.69) is 65.8 Å². The number of benzene rings is 3. The van der Waals surface area contributed by atoms with E-state index in [0.717, 1.165) is 44.5 Å². The number of rotatable bonds is 19. The summed E-state index contributed by atoms with van der Waals surface area (Å²) in [5.74, 6) is -9.37. The van der Waals surface area contributed by atoms with Gasteiger partial charge in [-0.3, -0.25) is 38.4 Å². The highest BCUT2D eigenvalue weighted by molar-refractivity contribution is 8.03. The predicted molar refractivity (Wildman–Crippen MR) is 336 cm³/mol. The van der Waals surface area contributed by atoms with Gasteiger partial charge in [0.15, 0.2) is 14.1 Å². The normalized spacial score (nSPS) is 22.0. The summed E-state index contributed by atoms with van der Waals surface area (Å²) in [7, 11) is -1.03. The van der Waals surface area contributed by atoms with Crippen molar-refractivity contribution in [3.8, 4) is 16.9 Å². The number of alkyl carbamates (subject to hydrolysis) is 1. The van der Waals surface area contributed by atoms with E-state index in [1.165, 1.54) is 7.11 Å². The summed E-state index contributed by atoms with van der Waals surface area (Å²) in [5, 5.41) is 36.3. The molecule has 0 radical (unpaired) electrons.